The molecule has 0 saturated heterocycles. The second-order valence-electron chi connectivity index (χ2n) is 9.06. The van der Waals surface area contributed by atoms with E-state index >= 15 is 0 Å². The third kappa shape index (κ3) is 3.55. The van der Waals surface area contributed by atoms with E-state index in [-0.39, 0.29) is 29.7 Å². The third-order valence-corrected chi connectivity index (χ3v) is 6.59. The van der Waals surface area contributed by atoms with Gasteiger partial charge in [-0.05, 0) is 80.8 Å². The minimum absolute atomic E-state index is 0.0829. The van der Waals surface area contributed by atoms with Crippen LogP contribution < -0.4 is 10.1 Å². The lowest BCUT2D eigenvalue weighted by atomic mass is 9.84. The van der Waals surface area contributed by atoms with Gasteiger partial charge < -0.3 is 14.5 Å². The van der Waals surface area contributed by atoms with Crippen molar-refractivity contribution in [3.8, 4) is 5.75 Å². The molecule has 1 amide bonds. The van der Waals surface area contributed by atoms with E-state index < -0.39 is 5.60 Å². The van der Waals surface area contributed by atoms with Crippen LogP contribution in [0.4, 0.5) is 10.1 Å². The first kappa shape index (κ1) is 21.9. The summed E-state index contributed by atoms with van der Waals surface area (Å²) in [6.45, 7) is 7.57. The number of furan rings is 1. The number of carbonyl (C=O) groups excluding carboxylic acids is 2. The number of nitrogens with one attached hydrogen (secondary N) is 1. The number of hydrogen-bond acceptors (Lipinski definition) is 4. The fraction of sp³-hybridized carbons (Fsp3) is 0.214. The number of hydrogen-bond donors (Lipinski definition) is 1. The monoisotopic (exact) mass is 457 g/mol. The molecule has 6 heteroatoms. The Labute approximate surface area is 196 Å². The first-order chi connectivity index (χ1) is 16.2. The molecule has 1 N–H and O–H groups in total. The molecule has 1 atom stereocenters. The Bertz CT molecular complexity index is 1470. The Morgan fingerprint density at radius 1 is 1.00 bits per heavy atom. The summed E-state index contributed by atoms with van der Waals surface area (Å²) in [7, 11) is 0. The van der Waals surface area contributed by atoms with Crippen molar-refractivity contribution in [3.63, 3.8) is 0 Å². The summed E-state index contributed by atoms with van der Waals surface area (Å²) in [5, 5.41) is 3.46. The summed E-state index contributed by atoms with van der Waals surface area (Å²) < 4.78 is 25.6. The van der Waals surface area contributed by atoms with E-state index in [9.17, 15) is 14.0 Å². The molecule has 0 fully saturated rings. The third-order valence-electron chi connectivity index (χ3n) is 6.59. The summed E-state index contributed by atoms with van der Waals surface area (Å²) in [6, 6.07) is 15.0. The van der Waals surface area contributed by atoms with Crippen molar-refractivity contribution in [2.75, 3.05) is 5.32 Å². The fourth-order valence-corrected chi connectivity index (χ4v) is 4.54. The molecular formula is C28H24FNO4. The van der Waals surface area contributed by atoms with Crippen molar-refractivity contribution < 1.29 is 23.1 Å². The first-order valence-corrected chi connectivity index (χ1v) is 11.1. The van der Waals surface area contributed by atoms with Crippen LogP contribution in [0.2, 0.25) is 0 Å². The average molecular weight is 458 g/mol. The molecule has 5 nitrogen and oxygen atoms in total. The van der Waals surface area contributed by atoms with Gasteiger partial charge in [-0.2, -0.15) is 0 Å². The second kappa shape index (κ2) is 7.83. The van der Waals surface area contributed by atoms with Crippen molar-refractivity contribution in [1.82, 2.24) is 0 Å². The van der Waals surface area contributed by atoms with Crippen molar-refractivity contribution in [2.45, 2.75) is 39.7 Å². The lowest BCUT2D eigenvalue weighted by molar-refractivity contribution is 0.0507. The Hall–Kier alpha value is -3.93. The summed E-state index contributed by atoms with van der Waals surface area (Å²) in [5.74, 6) is -0.283. The van der Waals surface area contributed by atoms with Gasteiger partial charge in [-0.25, -0.2) is 4.39 Å². The van der Waals surface area contributed by atoms with Crippen LogP contribution in [0.25, 0.3) is 11.0 Å². The standard InChI is InChI=1S/C28H24FNO4/c1-15-5-10-20(13-16(15)2)30-27(32)26-17(3)24-22(33-26)11-12-23-25(24)21(31)14-28(4,34-23)18-6-8-19(29)9-7-18/h5-13H,14H2,1-4H3,(H,30,32)/t28-/m0/s1. The summed E-state index contributed by atoms with van der Waals surface area (Å²) in [6.07, 6.45) is 0.0829. The fourth-order valence-electron chi connectivity index (χ4n) is 4.54. The highest BCUT2D eigenvalue weighted by Gasteiger charge is 2.40. The van der Waals surface area contributed by atoms with E-state index in [0.717, 1.165) is 11.1 Å². The minimum atomic E-state index is -0.924. The second-order valence-corrected chi connectivity index (χ2v) is 9.06. The zero-order chi connectivity index (χ0) is 24.2. The number of anilines is 1. The highest BCUT2D eigenvalue weighted by atomic mass is 19.1. The van der Waals surface area contributed by atoms with E-state index in [1.54, 1.807) is 31.2 Å². The smallest absolute Gasteiger partial charge is 0.291 e. The van der Waals surface area contributed by atoms with Crippen LogP contribution in [0.15, 0.2) is 59.0 Å². The predicted molar refractivity (Wildman–Crippen MR) is 128 cm³/mol. The maximum atomic E-state index is 13.4. The zero-order valence-electron chi connectivity index (χ0n) is 19.4. The number of ketones is 1. The number of fused-ring (bicyclic) bond motifs is 3. The van der Waals surface area contributed by atoms with Crippen LogP contribution in [0.5, 0.6) is 5.75 Å². The number of halogens is 1. The van der Waals surface area contributed by atoms with Gasteiger partial charge in [0.15, 0.2) is 11.5 Å². The van der Waals surface area contributed by atoms with Crippen molar-refractivity contribution in [3.05, 3.63) is 94.0 Å². The van der Waals surface area contributed by atoms with E-state index in [2.05, 4.69) is 5.32 Å². The zero-order valence-corrected chi connectivity index (χ0v) is 19.4. The molecule has 1 aromatic heterocycles. The van der Waals surface area contributed by atoms with Crippen LogP contribution in [-0.4, -0.2) is 11.7 Å². The summed E-state index contributed by atoms with van der Waals surface area (Å²) >= 11 is 0. The van der Waals surface area contributed by atoms with E-state index in [1.165, 1.54) is 12.1 Å². The number of rotatable bonds is 3. The lowest BCUT2D eigenvalue weighted by Gasteiger charge is -2.35. The van der Waals surface area contributed by atoms with Crippen LogP contribution in [0.1, 0.15) is 56.5 Å². The van der Waals surface area contributed by atoms with Crippen molar-refractivity contribution in [2.24, 2.45) is 0 Å². The Morgan fingerprint density at radius 2 is 1.74 bits per heavy atom. The van der Waals surface area contributed by atoms with Crippen LogP contribution in [-0.2, 0) is 5.60 Å². The lowest BCUT2D eigenvalue weighted by Crippen LogP contribution is -2.36. The van der Waals surface area contributed by atoms with Gasteiger partial charge in [0.1, 0.15) is 22.8 Å². The molecule has 0 aliphatic carbocycles. The Kier molecular flexibility index (Phi) is 5.04. The Morgan fingerprint density at radius 3 is 2.44 bits per heavy atom. The number of Topliss-reactive ketones (excluding diaryl/α,β-unsaturated/α-hetero) is 1. The van der Waals surface area contributed by atoms with Crippen LogP contribution >= 0.6 is 0 Å². The highest BCUT2D eigenvalue weighted by Crippen LogP contribution is 2.44. The molecule has 0 radical (unpaired) electrons. The number of carbonyl (C=O) groups is 2. The molecule has 5 rings (SSSR count). The molecule has 0 saturated carbocycles. The molecule has 0 spiro atoms. The largest absolute Gasteiger partial charge is 0.482 e. The first-order valence-electron chi connectivity index (χ1n) is 11.1. The van der Waals surface area contributed by atoms with Gasteiger partial charge in [0, 0.05) is 16.6 Å². The van der Waals surface area contributed by atoms with Gasteiger partial charge in [0.05, 0.1) is 12.0 Å². The van der Waals surface area contributed by atoms with E-state index in [0.29, 0.717) is 39.1 Å². The van der Waals surface area contributed by atoms with Gasteiger partial charge in [0.2, 0.25) is 0 Å². The Balaban J connectivity index is 1.53. The quantitative estimate of drug-likeness (QED) is 0.375. The maximum absolute atomic E-state index is 13.4. The van der Waals surface area contributed by atoms with Crippen LogP contribution in [0.3, 0.4) is 0 Å². The van der Waals surface area contributed by atoms with Gasteiger partial charge in [-0.1, -0.05) is 18.2 Å². The maximum Gasteiger partial charge on any atom is 0.291 e. The topological polar surface area (TPSA) is 68.5 Å². The number of ether oxygens (including phenoxy) is 1. The molecule has 34 heavy (non-hydrogen) atoms. The molecule has 2 heterocycles. The molecule has 0 bridgehead atoms. The van der Waals surface area contributed by atoms with Crippen molar-refractivity contribution >= 4 is 28.3 Å². The average Bonchev–Trinajstić information content (AvgIpc) is 3.13. The molecule has 4 aromatic rings. The number of aryl methyl sites for hydroxylation is 3. The molecule has 0 unspecified atom stereocenters. The van der Waals surface area contributed by atoms with Crippen LogP contribution in [0, 0.1) is 26.6 Å². The van der Waals surface area contributed by atoms with Gasteiger partial charge in [-0.15, -0.1) is 0 Å². The summed E-state index contributed by atoms with van der Waals surface area (Å²) in [5.41, 5.74) is 4.10. The molecule has 172 valence electrons. The number of benzene rings is 3. The van der Waals surface area contributed by atoms with Gasteiger partial charge >= 0.3 is 0 Å². The minimum Gasteiger partial charge on any atom is -0.482 e. The molecule has 1 aliphatic rings. The summed E-state index contributed by atoms with van der Waals surface area (Å²) in [4.78, 5) is 26.4. The van der Waals surface area contributed by atoms with E-state index in [4.69, 9.17) is 9.15 Å². The van der Waals surface area contributed by atoms with Gasteiger partial charge in [-0.3, -0.25) is 9.59 Å². The van der Waals surface area contributed by atoms with Gasteiger partial charge in [0.25, 0.3) is 5.91 Å². The highest BCUT2D eigenvalue weighted by molar-refractivity contribution is 6.14. The van der Waals surface area contributed by atoms with E-state index in [1.807, 2.05) is 39.0 Å². The van der Waals surface area contributed by atoms with Crippen molar-refractivity contribution in [1.29, 1.82) is 0 Å². The molecular weight excluding hydrogens is 433 g/mol. The SMILES string of the molecule is Cc1ccc(NC(=O)c2oc3ccc4c(c3c2C)C(=O)C[C@@](C)(c2ccc(F)cc2)O4)cc1C. The molecule has 3 aromatic carbocycles. The number of amides is 1. The normalized spacial score (nSPS) is 17.4. The predicted octanol–water partition coefficient (Wildman–Crippen LogP) is 6.63. The molecule has 1 aliphatic heterocycles.